The Kier molecular flexibility index (Phi) is 2.57. The third-order valence-corrected chi connectivity index (χ3v) is 1.39. The lowest BCUT2D eigenvalue weighted by atomic mass is 10.2. The van der Waals surface area contributed by atoms with Gasteiger partial charge in [0.15, 0.2) is 5.75 Å². The fraction of sp³-hybridized carbons (Fsp3) is 0.143. The quantitative estimate of drug-likeness (QED) is 0.738. The molecule has 0 amide bonds. The molecule has 1 aromatic rings. The van der Waals surface area contributed by atoms with E-state index in [0.29, 0.717) is 6.20 Å². The molecule has 0 atom stereocenters. The number of pyridine rings is 1. The second kappa shape index (κ2) is 3.53. The molecule has 80 valence electrons. The molecule has 0 saturated heterocycles. The van der Waals surface area contributed by atoms with E-state index in [0.717, 1.165) is 0 Å². The summed E-state index contributed by atoms with van der Waals surface area (Å²) in [6, 6.07) is 1.35. The number of rotatable bonds is 1. The number of nitrogens with zero attached hydrogens (tertiary/aromatic N) is 2. The van der Waals surface area contributed by atoms with E-state index in [9.17, 15) is 13.2 Å². The Balaban J connectivity index is 3.21. The van der Waals surface area contributed by atoms with E-state index >= 15 is 0 Å². The molecule has 5 nitrogen and oxygen atoms in total. The summed E-state index contributed by atoms with van der Waals surface area (Å²) in [5.41, 5.74) is 3.99. The first-order valence-corrected chi connectivity index (χ1v) is 3.48. The zero-order chi connectivity index (χ0) is 11.6. The second-order valence-electron chi connectivity index (χ2n) is 2.40. The minimum atomic E-state index is -4.97. The van der Waals surface area contributed by atoms with Crippen molar-refractivity contribution in [2.75, 3.05) is 5.73 Å². The van der Waals surface area contributed by atoms with Gasteiger partial charge in [-0.25, -0.2) is 4.98 Å². The van der Waals surface area contributed by atoms with Gasteiger partial charge in [0.25, 0.3) is 0 Å². The van der Waals surface area contributed by atoms with Gasteiger partial charge in [-0.3, -0.25) is 0 Å². The summed E-state index contributed by atoms with van der Waals surface area (Å²) < 4.78 is 38.9. The maximum absolute atomic E-state index is 11.8. The van der Waals surface area contributed by atoms with Crippen LogP contribution >= 0.6 is 0 Å². The topological polar surface area (TPSA) is 92.2 Å². The number of nitriles is 1. The zero-order valence-electron chi connectivity index (χ0n) is 7.04. The molecule has 0 bridgehead atoms. The first-order valence-electron chi connectivity index (χ1n) is 3.48. The number of halogens is 3. The highest BCUT2D eigenvalue weighted by Gasteiger charge is 2.33. The highest BCUT2D eigenvalue weighted by molar-refractivity contribution is 5.65. The number of aromatic hydroxyl groups is 1. The zero-order valence-corrected chi connectivity index (χ0v) is 7.04. The fourth-order valence-electron chi connectivity index (χ4n) is 0.792. The molecule has 1 aromatic heterocycles. The van der Waals surface area contributed by atoms with Crippen LogP contribution in [0.1, 0.15) is 5.56 Å². The van der Waals surface area contributed by atoms with Crippen LogP contribution in [0.5, 0.6) is 11.6 Å². The smallest absolute Gasteiger partial charge is 0.504 e. The number of anilines is 1. The monoisotopic (exact) mass is 219 g/mol. The molecule has 0 fully saturated rings. The van der Waals surface area contributed by atoms with Gasteiger partial charge in [-0.1, -0.05) is 0 Å². The highest BCUT2D eigenvalue weighted by atomic mass is 19.4. The molecule has 0 radical (unpaired) electrons. The van der Waals surface area contributed by atoms with Crippen LogP contribution in [0.25, 0.3) is 0 Å². The van der Waals surface area contributed by atoms with Crippen molar-refractivity contribution >= 4 is 5.69 Å². The molecule has 15 heavy (non-hydrogen) atoms. The Morgan fingerprint density at radius 3 is 2.60 bits per heavy atom. The standard InChI is InChI=1S/C7H4F3N3O2/c8-7(9,10)15-6-3(1-11)5(12)4(14)2-13-6/h2,14H,(H2,12,13). The lowest BCUT2D eigenvalue weighted by molar-refractivity contribution is -0.276. The first kappa shape index (κ1) is 10.9. The highest BCUT2D eigenvalue weighted by Crippen LogP contribution is 2.31. The van der Waals surface area contributed by atoms with E-state index in [2.05, 4.69) is 9.72 Å². The summed E-state index contributed by atoms with van der Waals surface area (Å²) in [4.78, 5) is 3.10. The van der Waals surface area contributed by atoms with E-state index in [1.165, 1.54) is 6.07 Å². The van der Waals surface area contributed by atoms with Crippen LogP contribution in [0.3, 0.4) is 0 Å². The molecule has 0 saturated carbocycles. The molecule has 0 spiro atoms. The van der Waals surface area contributed by atoms with Crippen LogP contribution in [0.2, 0.25) is 0 Å². The Hall–Kier alpha value is -2.17. The van der Waals surface area contributed by atoms with Crippen molar-refractivity contribution in [3.8, 4) is 17.7 Å². The predicted octanol–water partition coefficient (Wildman–Crippen LogP) is 1.14. The molecule has 0 unspecified atom stereocenters. The van der Waals surface area contributed by atoms with Gasteiger partial charge < -0.3 is 15.6 Å². The summed E-state index contributed by atoms with van der Waals surface area (Å²) in [5.74, 6) is -1.57. The molecule has 1 heterocycles. The normalized spacial score (nSPS) is 10.8. The van der Waals surface area contributed by atoms with Crippen LogP contribution in [-0.2, 0) is 0 Å². The molecule has 8 heteroatoms. The number of nitrogens with two attached hydrogens (primary N) is 1. The molecule has 3 N–H and O–H groups in total. The Bertz CT molecular complexity index is 425. The summed E-state index contributed by atoms with van der Waals surface area (Å²) in [6.45, 7) is 0. The van der Waals surface area contributed by atoms with Crippen molar-refractivity contribution in [2.24, 2.45) is 0 Å². The van der Waals surface area contributed by atoms with Gasteiger partial charge in [-0.15, -0.1) is 13.2 Å². The number of hydrogen-bond donors (Lipinski definition) is 2. The molecule has 0 aliphatic carbocycles. The van der Waals surface area contributed by atoms with Crippen LogP contribution in [0.4, 0.5) is 18.9 Å². The van der Waals surface area contributed by atoms with E-state index in [-0.39, 0.29) is 0 Å². The van der Waals surface area contributed by atoms with Gasteiger partial charge in [-0.05, 0) is 0 Å². The number of hydrogen-bond acceptors (Lipinski definition) is 5. The van der Waals surface area contributed by atoms with E-state index in [1.54, 1.807) is 0 Å². The largest absolute Gasteiger partial charge is 0.574 e. The van der Waals surface area contributed by atoms with Gasteiger partial charge in [-0.2, -0.15) is 5.26 Å². The summed E-state index contributed by atoms with van der Waals surface area (Å²) in [5, 5.41) is 17.5. The fourth-order valence-corrected chi connectivity index (χ4v) is 0.792. The third-order valence-electron chi connectivity index (χ3n) is 1.39. The lowest BCUT2D eigenvalue weighted by Gasteiger charge is -2.10. The number of alkyl halides is 3. The number of ether oxygens (including phenoxy) is 1. The Morgan fingerprint density at radius 2 is 2.13 bits per heavy atom. The average molecular weight is 219 g/mol. The van der Waals surface area contributed by atoms with Crippen molar-refractivity contribution in [1.29, 1.82) is 5.26 Å². The van der Waals surface area contributed by atoms with Crippen LogP contribution in [0, 0.1) is 11.3 Å². The van der Waals surface area contributed by atoms with Gasteiger partial charge in [0, 0.05) is 0 Å². The van der Waals surface area contributed by atoms with Crippen LogP contribution in [-0.4, -0.2) is 16.5 Å². The molecular formula is C7H4F3N3O2. The maximum Gasteiger partial charge on any atom is 0.574 e. The Labute approximate surface area is 81.5 Å². The van der Waals surface area contributed by atoms with Gasteiger partial charge in [0.1, 0.15) is 11.6 Å². The van der Waals surface area contributed by atoms with Crippen molar-refractivity contribution < 1.29 is 23.0 Å². The summed E-state index contributed by atoms with van der Waals surface area (Å²) in [6.07, 6.45) is -4.31. The molecule has 0 aliphatic rings. The minimum Gasteiger partial charge on any atom is -0.504 e. The van der Waals surface area contributed by atoms with Gasteiger partial charge >= 0.3 is 6.36 Å². The molecule has 0 aromatic carbocycles. The van der Waals surface area contributed by atoms with Crippen molar-refractivity contribution in [3.63, 3.8) is 0 Å². The van der Waals surface area contributed by atoms with Crippen molar-refractivity contribution in [1.82, 2.24) is 4.98 Å². The third kappa shape index (κ3) is 2.40. The first-order chi connectivity index (χ1) is 6.85. The lowest BCUT2D eigenvalue weighted by Crippen LogP contribution is -2.19. The maximum atomic E-state index is 11.8. The van der Waals surface area contributed by atoms with Gasteiger partial charge in [0.2, 0.25) is 5.88 Å². The van der Waals surface area contributed by atoms with E-state index in [4.69, 9.17) is 16.1 Å². The van der Waals surface area contributed by atoms with Crippen molar-refractivity contribution in [2.45, 2.75) is 6.36 Å². The number of aromatic nitrogens is 1. The van der Waals surface area contributed by atoms with E-state index < -0.39 is 29.2 Å². The van der Waals surface area contributed by atoms with Crippen LogP contribution < -0.4 is 10.5 Å². The van der Waals surface area contributed by atoms with Crippen molar-refractivity contribution in [3.05, 3.63) is 11.8 Å². The van der Waals surface area contributed by atoms with Crippen LogP contribution in [0.15, 0.2) is 6.20 Å². The molecule has 1 rings (SSSR count). The summed E-state index contributed by atoms with van der Waals surface area (Å²) in [7, 11) is 0. The predicted molar refractivity (Wildman–Crippen MR) is 41.7 cm³/mol. The average Bonchev–Trinajstić information content (AvgIpc) is 2.10. The summed E-state index contributed by atoms with van der Waals surface area (Å²) >= 11 is 0. The molecular weight excluding hydrogens is 215 g/mol. The SMILES string of the molecule is N#Cc1c(OC(F)(F)F)ncc(O)c1N. The molecule has 0 aliphatic heterocycles. The second-order valence-corrected chi connectivity index (χ2v) is 2.40. The Morgan fingerprint density at radius 1 is 1.53 bits per heavy atom. The minimum absolute atomic E-state index is 0.508. The van der Waals surface area contributed by atoms with Gasteiger partial charge in [0.05, 0.1) is 11.9 Å². The number of nitrogen functional groups attached to an aromatic ring is 1. The van der Waals surface area contributed by atoms with E-state index in [1.807, 2.05) is 0 Å².